The summed E-state index contributed by atoms with van der Waals surface area (Å²) in [6.07, 6.45) is 0. The zero-order valence-corrected chi connectivity index (χ0v) is 21.0. The van der Waals surface area contributed by atoms with Gasteiger partial charge in [0.25, 0.3) is 5.91 Å². The van der Waals surface area contributed by atoms with Gasteiger partial charge in [-0.1, -0.05) is 84.9 Å². The molecule has 5 heteroatoms. The Hall–Kier alpha value is -4.48. The highest BCUT2D eigenvalue weighted by Gasteiger charge is 2.21. The summed E-state index contributed by atoms with van der Waals surface area (Å²) in [5.74, 6) is 0.945. The van der Waals surface area contributed by atoms with E-state index >= 15 is 0 Å². The van der Waals surface area contributed by atoms with Crippen molar-refractivity contribution in [2.45, 2.75) is 6.54 Å². The number of fused-ring (bicyclic) bond motifs is 3. The van der Waals surface area contributed by atoms with Crippen molar-refractivity contribution in [2.75, 3.05) is 26.3 Å². The van der Waals surface area contributed by atoms with Crippen molar-refractivity contribution in [2.24, 2.45) is 0 Å². The van der Waals surface area contributed by atoms with E-state index in [2.05, 4.69) is 89.5 Å². The number of imidazole rings is 1. The Bertz CT molecular complexity index is 1800. The van der Waals surface area contributed by atoms with Gasteiger partial charge in [0.1, 0.15) is 5.82 Å². The number of ether oxygens (including phenoxy) is 1. The summed E-state index contributed by atoms with van der Waals surface area (Å²) < 4.78 is 7.73. The zero-order chi connectivity index (χ0) is 25.5. The molecule has 38 heavy (non-hydrogen) atoms. The fraction of sp³-hybridized carbons (Fsp3) is 0.152. The SMILES string of the molecule is O=C(c1ccc2nc(-c3cccc4ccccc34)n(Cc3cccc4ccccc34)c2c1)N1CCOCC1. The lowest BCUT2D eigenvalue weighted by Gasteiger charge is -2.26. The van der Waals surface area contributed by atoms with Gasteiger partial charge in [-0.15, -0.1) is 0 Å². The van der Waals surface area contributed by atoms with E-state index in [1.165, 1.54) is 21.7 Å². The monoisotopic (exact) mass is 497 g/mol. The number of hydrogen-bond acceptors (Lipinski definition) is 3. The highest BCUT2D eigenvalue weighted by molar-refractivity contribution is 6.00. The molecule has 0 atom stereocenters. The molecule has 1 aliphatic rings. The van der Waals surface area contributed by atoms with Crippen molar-refractivity contribution in [3.8, 4) is 11.4 Å². The summed E-state index contributed by atoms with van der Waals surface area (Å²) in [5, 5.41) is 4.77. The maximum absolute atomic E-state index is 13.4. The fourth-order valence-electron chi connectivity index (χ4n) is 5.59. The standard InChI is InChI=1S/C33H27N3O2/c37-33(35-17-19-38-20-18-35)25-15-16-30-31(21-25)36(22-26-11-5-9-23-7-1-3-12-27(23)26)32(34-30)29-14-6-10-24-8-2-4-13-28(24)29/h1-16,21H,17-20,22H2. The van der Waals surface area contributed by atoms with Crippen molar-refractivity contribution in [1.29, 1.82) is 0 Å². The Labute approximate surface area is 220 Å². The van der Waals surface area contributed by atoms with E-state index in [0.717, 1.165) is 27.8 Å². The van der Waals surface area contributed by atoms with Crippen LogP contribution in [0.3, 0.4) is 0 Å². The molecule has 0 spiro atoms. The second kappa shape index (κ2) is 9.43. The highest BCUT2D eigenvalue weighted by atomic mass is 16.5. The Morgan fingerprint density at radius 2 is 1.45 bits per heavy atom. The molecule has 0 aliphatic carbocycles. The summed E-state index contributed by atoms with van der Waals surface area (Å²) in [6, 6.07) is 35.6. The van der Waals surface area contributed by atoms with Gasteiger partial charge in [0.15, 0.2) is 0 Å². The topological polar surface area (TPSA) is 47.4 Å². The van der Waals surface area contributed by atoms with Crippen LogP contribution in [-0.4, -0.2) is 46.7 Å². The van der Waals surface area contributed by atoms with Crippen molar-refractivity contribution < 1.29 is 9.53 Å². The Balaban J connectivity index is 1.43. The van der Waals surface area contributed by atoms with Gasteiger partial charge >= 0.3 is 0 Å². The minimum absolute atomic E-state index is 0.0415. The lowest BCUT2D eigenvalue weighted by molar-refractivity contribution is 0.0303. The normalized spacial score (nSPS) is 13.9. The predicted molar refractivity (Wildman–Crippen MR) is 152 cm³/mol. The van der Waals surface area contributed by atoms with Crippen LogP contribution in [0.2, 0.25) is 0 Å². The van der Waals surface area contributed by atoms with Crippen LogP contribution in [0.25, 0.3) is 44.0 Å². The number of nitrogens with zero attached hydrogens (tertiary/aromatic N) is 3. The molecule has 0 bridgehead atoms. The molecule has 186 valence electrons. The smallest absolute Gasteiger partial charge is 0.254 e. The number of carbonyl (C=O) groups excluding carboxylic acids is 1. The second-order valence-electron chi connectivity index (χ2n) is 9.79. The van der Waals surface area contributed by atoms with E-state index in [4.69, 9.17) is 9.72 Å². The van der Waals surface area contributed by atoms with Crippen LogP contribution >= 0.6 is 0 Å². The van der Waals surface area contributed by atoms with Gasteiger partial charge in [0.2, 0.25) is 0 Å². The minimum atomic E-state index is 0.0415. The number of carbonyl (C=O) groups is 1. The highest BCUT2D eigenvalue weighted by Crippen LogP contribution is 2.33. The third kappa shape index (κ3) is 3.92. The van der Waals surface area contributed by atoms with Gasteiger partial charge in [-0.25, -0.2) is 4.98 Å². The summed E-state index contributed by atoms with van der Waals surface area (Å²) in [7, 11) is 0. The van der Waals surface area contributed by atoms with Crippen molar-refractivity contribution in [3.05, 3.63) is 114 Å². The molecule has 0 N–H and O–H groups in total. The van der Waals surface area contributed by atoms with Gasteiger partial charge in [-0.05, 0) is 45.3 Å². The van der Waals surface area contributed by atoms with Crippen molar-refractivity contribution in [3.63, 3.8) is 0 Å². The number of aromatic nitrogens is 2. The van der Waals surface area contributed by atoms with Gasteiger partial charge in [-0.2, -0.15) is 0 Å². The summed E-state index contributed by atoms with van der Waals surface area (Å²) >= 11 is 0. The first-order valence-corrected chi connectivity index (χ1v) is 13.1. The van der Waals surface area contributed by atoms with Gasteiger partial charge in [0.05, 0.1) is 30.8 Å². The molecule has 5 aromatic carbocycles. The number of morpholine rings is 1. The van der Waals surface area contributed by atoms with E-state index in [9.17, 15) is 4.79 Å². The Morgan fingerprint density at radius 1 is 0.763 bits per heavy atom. The van der Waals surface area contributed by atoms with Gasteiger partial charge in [-0.3, -0.25) is 4.79 Å². The molecule has 1 saturated heterocycles. The first kappa shape index (κ1) is 22.7. The molecule has 6 aromatic rings. The molecule has 0 unspecified atom stereocenters. The molecule has 0 saturated carbocycles. The minimum Gasteiger partial charge on any atom is -0.378 e. The van der Waals surface area contributed by atoms with Crippen molar-refractivity contribution >= 4 is 38.5 Å². The Kier molecular flexibility index (Phi) is 5.64. The lowest BCUT2D eigenvalue weighted by atomic mass is 10.0. The van der Waals surface area contributed by atoms with E-state index in [-0.39, 0.29) is 5.91 Å². The zero-order valence-electron chi connectivity index (χ0n) is 21.0. The molecule has 1 fully saturated rings. The second-order valence-corrected chi connectivity index (χ2v) is 9.79. The van der Waals surface area contributed by atoms with Crippen LogP contribution in [0, 0.1) is 0 Å². The third-order valence-corrected chi connectivity index (χ3v) is 7.53. The molecule has 2 heterocycles. The van der Waals surface area contributed by atoms with E-state index in [1.807, 2.05) is 23.1 Å². The first-order valence-electron chi connectivity index (χ1n) is 13.1. The number of rotatable bonds is 4. The van der Waals surface area contributed by atoms with Crippen LogP contribution in [0.15, 0.2) is 103 Å². The van der Waals surface area contributed by atoms with Gasteiger partial charge < -0.3 is 14.2 Å². The average molecular weight is 498 g/mol. The van der Waals surface area contributed by atoms with Crippen LogP contribution in [0.4, 0.5) is 0 Å². The van der Waals surface area contributed by atoms with Gasteiger partial charge in [0, 0.05) is 24.2 Å². The first-order chi connectivity index (χ1) is 18.8. The molecule has 0 radical (unpaired) electrons. The van der Waals surface area contributed by atoms with Crippen LogP contribution < -0.4 is 0 Å². The lowest BCUT2D eigenvalue weighted by Crippen LogP contribution is -2.40. The predicted octanol–water partition coefficient (Wildman–Crippen LogP) is 6.53. The summed E-state index contributed by atoms with van der Waals surface area (Å²) in [4.78, 5) is 20.4. The molecule has 7 rings (SSSR count). The fourth-order valence-corrected chi connectivity index (χ4v) is 5.59. The van der Waals surface area contributed by atoms with Crippen molar-refractivity contribution in [1.82, 2.24) is 14.5 Å². The summed E-state index contributed by atoms with van der Waals surface area (Å²) in [6.45, 7) is 3.04. The number of amides is 1. The summed E-state index contributed by atoms with van der Waals surface area (Å²) in [5.41, 5.74) is 4.82. The largest absolute Gasteiger partial charge is 0.378 e. The maximum atomic E-state index is 13.4. The van der Waals surface area contributed by atoms with Crippen LogP contribution in [0.5, 0.6) is 0 Å². The maximum Gasteiger partial charge on any atom is 0.254 e. The van der Waals surface area contributed by atoms with E-state index in [0.29, 0.717) is 38.4 Å². The van der Waals surface area contributed by atoms with Crippen LogP contribution in [0.1, 0.15) is 15.9 Å². The molecule has 5 nitrogen and oxygen atoms in total. The number of hydrogen-bond donors (Lipinski definition) is 0. The molecular weight excluding hydrogens is 470 g/mol. The Morgan fingerprint density at radius 3 is 2.26 bits per heavy atom. The molecular formula is C33H27N3O2. The third-order valence-electron chi connectivity index (χ3n) is 7.53. The van der Waals surface area contributed by atoms with E-state index < -0.39 is 0 Å². The van der Waals surface area contributed by atoms with Crippen LogP contribution in [-0.2, 0) is 11.3 Å². The molecule has 1 amide bonds. The molecule has 1 aromatic heterocycles. The quantitative estimate of drug-likeness (QED) is 0.278. The number of benzene rings is 5. The average Bonchev–Trinajstić information content (AvgIpc) is 3.34. The molecule has 1 aliphatic heterocycles. The van der Waals surface area contributed by atoms with E-state index in [1.54, 1.807) is 0 Å².